The number of rotatable bonds is 3. The van der Waals surface area contributed by atoms with Gasteiger partial charge >= 0.3 is 0 Å². The highest BCUT2D eigenvalue weighted by Gasteiger charge is 2.04. The monoisotopic (exact) mass is 211 g/mol. The number of benzene rings is 1. The van der Waals surface area contributed by atoms with Crippen LogP contribution >= 0.6 is 11.6 Å². The summed E-state index contributed by atoms with van der Waals surface area (Å²) in [5.74, 6) is 0. The van der Waals surface area contributed by atoms with Crippen molar-refractivity contribution in [2.24, 2.45) is 0 Å². The molecule has 0 aliphatic heterocycles. The molecule has 0 aliphatic rings. The normalized spacial score (nSPS) is 11.1. The lowest BCUT2D eigenvalue weighted by molar-refractivity contribution is -0.384. The molecule has 0 amide bonds. The Kier molecular flexibility index (Phi) is 3.36. The molecule has 0 fully saturated rings. The predicted octanol–water partition coefficient (Wildman–Crippen LogP) is 2.37. The third-order valence-electron chi connectivity index (χ3n) is 1.57. The highest BCUT2D eigenvalue weighted by molar-refractivity contribution is 6.49. The standard InChI is InChI=1S/C9H6ClNO3/c10-9(5-6-12)7-1-3-8(4-2-7)11(13)14/h1-6H/b9-5+. The number of nitro benzene ring substituents is 1. The molecular formula is C9H6ClNO3. The molecule has 0 aromatic heterocycles. The molecular weight excluding hydrogens is 206 g/mol. The molecule has 0 atom stereocenters. The van der Waals surface area contributed by atoms with Crippen molar-refractivity contribution in [3.63, 3.8) is 0 Å². The van der Waals surface area contributed by atoms with Crippen molar-refractivity contribution in [2.75, 3.05) is 0 Å². The van der Waals surface area contributed by atoms with Crippen LogP contribution in [0.2, 0.25) is 0 Å². The van der Waals surface area contributed by atoms with Gasteiger partial charge in [-0.15, -0.1) is 0 Å². The van der Waals surface area contributed by atoms with E-state index in [2.05, 4.69) is 0 Å². The number of hydrogen-bond acceptors (Lipinski definition) is 3. The first-order valence-corrected chi connectivity index (χ1v) is 4.08. The molecule has 72 valence electrons. The number of aldehydes is 1. The van der Waals surface area contributed by atoms with E-state index in [1.54, 1.807) is 0 Å². The second-order valence-corrected chi connectivity index (χ2v) is 2.86. The van der Waals surface area contributed by atoms with Crippen molar-refractivity contribution >= 4 is 28.6 Å². The van der Waals surface area contributed by atoms with Crippen LogP contribution in [0.5, 0.6) is 0 Å². The van der Waals surface area contributed by atoms with Gasteiger partial charge < -0.3 is 0 Å². The fraction of sp³-hybridized carbons (Fsp3) is 0. The van der Waals surface area contributed by atoms with Crippen molar-refractivity contribution < 1.29 is 9.72 Å². The fourth-order valence-electron chi connectivity index (χ4n) is 0.898. The molecule has 0 spiro atoms. The molecule has 4 nitrogen and oxygen atoms in total. The Bertz CT molecular complexity index is 384. The van der Waals surface area contributed by atoms with Crippen LogP contribution < -0.4 is 0 Å². The lowest BCUT2D eigenvalue weighted by atomic mass is 10.2. The van der Waals surface area contributed by atoms with Gasteiger partial charge in [-0.3, -0.25) is 14.9 Å². The molecule has 0 bridgehead atoms. The van der Waals surface area contributed by atoms with E-state index < -0.39 is 4.92 Å². The lowest BCUT2D eigenvalue weighted by Crippen LogP contribution is -1.87. The van der Waals surface area contributed by atoms with Gasteiger partial charge in [0.05, 0.1) is 9.96 Å². The van der Waals surface area contributed by atoms with E-state index >= 15 is 0 Å². The summed E-state index contributed by atoms with van der Waals surface area (Å²) < 4.78 is 0. The highest BCUT2D eigenvalue weighted by Crippen LogP contribution is 2.20. The van der Waals surface area contributed by atoms with Gasteiger partial charge in [0, 0.05) is 12.1 Å². The zero-order chi connectivity index (χ0) is 10.6. The van der Waals surface area contributed by atoms with Crippen LogP contribution in [0.25, 0.3) is 5.03 Å². The summed E-state index contributed by atoms with van der Waals surface area (Å²) >= 11 is 5.70. The van der Waals surface area contributed by atoms with E-state index in [4.69, 9.17) is 11.6 Å². The fourth-order valence-corrected chi connectivity index (χ4v) is 1.08. The van der Waals surface area contributed by atoms with Crippen molar-refractivity contribution in [1.29, 1.82) is 0 Å². The zero-order valence-electron chi connectivity index (χ0n) is 7.01. The van der Waals surface area contributed by atoms with Crippen LogP contribution in [0.1, 0.15) is 5.56 Å². The Morgan fingerprint density at radius 2 is 1.93 bits per heavy atom. The topological polar surface area (TPSA) is 60.2 Å². The number of non-ortho nitro benzene ring substituents is 1. The summed E-state index contributed by atoms with van der Waals surface area (Å²) in [5, 5.41) is 10.6. The Balaban J connectivity index is 2.99. The van der Waals surface area contributed by atoms with Gasteiger partial charge in [-0.05, 0) is 23.8 Å². The van der Waals surface area contributed by atoms with Gasteiger partial charge in [-0.2, -0.15) is 0 Å². The second-order valence-electron chi connectivity index (χ2n) is 2.45. The smallest absolute Gasteiger partial charge is 0.269 e. The highest BCUT2D eigenvalue weighted by atomic mass is 35.5. The number of nitro groups is 1. The van der Waals surface area contributed by atoms with E-state index in [1.807, 2.05) is 0 Å². The Morgan fingerprint density at radius 1 is 1.36 bits per heavy atom. The molecule has 0 aliphatic carbocycles. The van der Waals surface area contributed by atoms with Gasteiger partial charge in [-0.25, -0.2) is 0 Å². The molecule has 0 saturated carbocycles. The van der Waals surface area contributed by atoms with E-state index in [9.17, 15) is 14.9 Å². The van der Waals surface area contributed by atoms with E-state index in [0.717, 1.165) is 0 Å². The summed E-state index contributed by atoms with van der Waals surface area (Å²) in [4.78, 5) is 19.9. The Hall–Kier alpha value is -1.68. The maximum absolute atomic E-state index is 10.3. The maximum atomic E-state index is 10.3. The van der Waals surface area contributed by atoms with Crippen molar-refractivity contribution in [3.05, 3.63) is 46.0 Å². The van der Waals surface area contributed by atoms with Crippen molar-refractivity contribution in [2.45, 2.75) is 0 Å². The average Bonchev–Trinajstić information content (AvgIpc) is 2.18. The first kappa shape index (κ1) is 10.4. The van der Waals surface area contributed by atoms with Crippen molar-refractivity contribution in [1.82, 2.24) is 0 Å². The minimum absolute atomic E-state index is 0.00989. The number of allylic oxidation sites excluding steroid dienone is 1. The minimum Gasteiger partial charge on any atom is -0.299 e. The van der Waals surface area contributed by atoms with Gasteiger partial charge in [0.2, 0.25) is 0 Å². The van der Waals surface area contributed by atoms with Crippen molar-refractivity contribution in [3.8, 4) is 0 Å². The van der Waals surface area contributed by atoms with E-state index in [0.29, 0.717) is 11.8 Å². The van der Waals surface area contributed by atoms with E-state index in [-0.39, 0.29) is 10.7 Å². The summed E-state index contributed by atoms with van der Waals surface area (Å²) in [6.07, 6.45) is 1.74. The van der Waals surface area contributed by atoms with E-state index in [1.165, 1.54) is 30.3 Å². The lowest BCUT2D eigenvalue weighted by Gasteiger charge is -1.96. The Morgan fingerprint density at radius 3 is 2.36 bits per heavy atom. The third-order valence-corrected chi connectivity index (χ3v) is 1.91. The second kappa shape index (κ2) is 4.53. The number of hydrogen-bond donors (Lipinski definition) is 0. The van der Waals surface area contributed by atoms with Gasteiger partial charge in [0.1, 0.15) is 6.29 Å². The molecule has 5 heteroatoms. The third kappa shape index (κ3) is 2.40. The largest absolute Gasteiger partial charge is 0.299 e. The number of carbonyl (C=O) groups is 1. The number of halogens is 1. The molecule has 14 heavy (non-hydrogen) atoms. The maximum Gasteiger partial charge on any atom is 0.269 e. The predicted molar refractivity (Wildman–Crippen MR) is 53.0 cm³/mol. The van der Waals surface area contributed by atoms with Gasteiger partial charge in [0.25, 0.3) is 5.69 Å². The molecule has 0 saturated heterocycles. The molecule has 1 aromatic rings. The minimum atomic E-state index is -0.499. The summed E-state index contributed by atoms with van der Waals surface area (Å²) in [5.41, 5.74) is 0.564. The molecule has 0 heterocycles. The summed E-state index contributed by atoms with van der Waals surface area (Å²) in [7, 11) is 0. The first-order chi connectivity index (χ1) is 6.65. The Labute approximate surface area is 85.0 Å². The van der Waals surface area contributed by atoms with Crippen LogP contribution in [-0.2, 0) is 4.79 Å². The number of nitrogens with zero attached hydrogens (tertiary/aromatic N) is 1. The van der Waals surface area contributed by atoms with Crippen LogP contribution in [0, 0.1) is 10.1 Å². The summed E-state index contributed by atoms with van der Waals surface area (Å²) in [6, 6.07) is 5.63. The SMILES string of the molecule is O=C/C=C(/Cl)c1ccc([N+](=O)[O-])cc1. The first-order valence-electron chi connectivity index (χ1n) is 3.71. The summed E-state index contributed by atoms with van der Waals surface area (Å²) in [6.45, 7) is 0. The quantitative estimate of drug-likeness (QED) is 0.334. The zero-order valence-corrected chi connectivity index (χ0v) is 7.77. The molecule has 1 rings (SSSR count). The molecule has 0 radical (unpaired) electrons. The van der Waals surface area contributed by atoms with Gasteiger partial charge in [-0.1, -0.05) is 11.6 Å². The van der Waals surface area contributed by atoms with Gasteiger partial charge in [0.15, 0.2) is 0 Å². The average molecular weight is 212 g/mol. The van der Waals surface area contributed by atoms with Crippen LogP contribution in [0.4, 0.5) is 5.69 Å². The molecule has 1 aromatic carbocycles. The molecule has 0 N–H and O–H groups in total. The van der Waals surface area contributed by atoms with Crippen LogP contribution in [0.15, 0.2) is 30.3 Å². The molecule has 0 unspecified atom stereocenters. The number of carbonyl (C=O) groups excluding carboxylic acids is 1. The van der Waals surface area contributed by atoms with Crippen LogP contribution in [-0.4, -0.2) is 11.2 Å². The van der Waals surface area contributed by atoms with Crippen LogP contribution in [0.3, 0.4) is 0 Å².